The van der Waals surface area contributed by atoms with Crippen molar-refractivity contribution in [1.29, 1.82) is 0 Å². The number of aromatic nitrogens is 2. The first-order valence-corrected chi connectivity index (χ1v) is 8.26. The molecule has 0 saturated carbocycles. The molecule has 132 valence electrons. The number of ether oxygens (including phenoxy) is 1. The van der Waals surface area contributed by atoms with Gasteiger partial charge < -0.3 is 15.0 Å². The summed E-state index contributed by atoms with van der Waals surface area (Å²) in [6.07, 6.45) is 2.80. The third kappa shape index (κ3) is 3.71. The molecule has 0 radical (unpaired) electrons. The molecule has 2 atom stereocenters. The third-order valence-corrected chi connectivity index (χ3v) is 4.45. The second-order valence-electron chi connectivity index (χ2n) is 6.10. The van der Waals surface area contributed by atoms with Gasteiger partial charge in [-0.1, -0.05) is 24.3 Å². The minimum Gasteiger partial charge on any atom is -0.356 e. The second-order valence-corrected chi connectivity index (χ2v) is 6.10. The van der Waals surface area contributed by atoms with Crippen molar-refractivity contribution in [3.8, 4) is 0 Å². The maximum absolute atomic E-state index is 12.7. The number of nitrogens with one attached hydrogen (secondary N) is 1. The van der Waals surface area contributed by atoms with Gasteiger partial charge in [0.15, 0.2) is 6.10 Å². The first-order valence-electron chi connectivity index (χ1n) is 8.26. The Labute approximate surface area is 146 Å². The third-order valence-electron chi connectivity index (χ3n) is 4.45. The van der Waals surface area contributed by atoms with E-state index in [1.54, 1.807) is 22.8 Å². The van der Waals surface area contributed by atoms with Crippen LogP contribution in [0, 0.1) is 6.92 Å². The van der Waals surface area contributed by atoms with E-state index >= 15 is 0 Å². The summed E-state index contributed by atoms with van der Waals surface area (Å²) < 4.78 is 7.35. The number of rotatable bonds is 5. The van der Waals surface area contributed by atoms with Gasteiger partial charge in [-0.3, -0.25) is 14.3 Å². The van der Waals surface area contributed by atoms with Gasteiger partial charge in [0, 0.05) is 26.0 Å². The lowest BCUT2D eigenvalue weighted by Gasteiger charge is -2.38. The van der Waals surface area contributed by atoms with Gasteiger partial charge in [-0.15, -0.1) is 0 Å². The molecule has 25 heavy (non-hydrogen) atoms. The maximum Gasteiger partial charge on any atom is 0.251 e. The van der Waals surface area contributed by atoms with Crippen LogP contribution >= 0.6 is 0 Å². The molecule has 0 spiro atoms. The maximum atomic E-state index is 12.7. The van der Waals surface area contributed by atoms with Gasteiger partial charge in [-0.2, -0.15) is 5.10 Å². The molecule has 2 amide bonds. The van der Waals surface area contributed by atoms with Crippen molar-refractivity contribution in [2.24, 2.45) is 0 Å². The molecule has 7 nitrogen and oxygen atoms in total. The fourth-order valence-electron chi connectivity index (χ4n) is 3.05. The number of carbonyl (C=O) groups excluding carboxylic acids is 2. The summed E-state index contributed by atoms with van der Waals surface area (Å²) in [6.45, 7) is 2.90. The highest BCUT2D eigenvalue weighted by Crippen LogP contribution is 2.31. The Hall–Kier alpha value is -2.67. The molecule has 0 unspecified atom stereocenters. The molecule has 1 N–H and O–H groups in total. The predicted molar refractivity (Wildman–Crippen MR) is 91.7 cm³/mol. The lowest BCUT2D eigenvalue weighted by Crippen LogP contribution is -2.53. The van der Waals surface area contributed by atoms with Crippen LogP contribution in [0.1, 0.15) is 17.2 Å². The van der Waals surface area contributed by atoms with Gasteiger partial charge in [0.1, 0.15) is 6.61 Å². The van der Waals surface area contributed by atoms with Crippen molar-refractivity contribution in [3.63, 3.8) is 0 Å². The molecular formula is C18H22N4O3. The Morgan fingerprint density at radius 1 is 1.36 bits per heavy atom. The van der Waals surface area contributed by atoms with E-state index in [0.717, 1.165) is 11.1 Å². The van der Waals surface area contributed by atoms with Crippen LogP contribution in [0.2, 0.25) is 0 Å². The van der Waals surface area contributed by atoms with E-state index in [0.29, 0.717) is 13.1 Å². The number of nitrogens with zero attached hydrogens (tertiary/aromatic N) is 3. The van der Waals surface area contributed by atoms with Crippen LogP contribution < -0.4 is 5.32 Å². The zero-order chi connectivity index (χ0) is 17.8. The number of aryl methyl sites for hydroxylation is 1. The molecule has 7 heteroatoms. The fourth-order valence-corrected chi connectivity index (χ4v) is 3.05. The van der Waals surface area contributed by atoms with E-state index in [4.69, 9.17) is 4.74 Å². The summed E-state index contributed by atoms with van der Waals surface area (Å²) in [5.74, 6) is -0.353. The second kappa shape index (κ2) is 7.48. The Bertz CT molecular complexity index is 745. The average molecular weight is 342 g/mol. The normalized spacial score (nSPS) is 20.6. The van der Waals surface area contributed by atoms with Crippen molar-refractivity contribution >= 4 is 11.8 Å². The molecule has 1 aliphatic heterocycles. The summed E-state index contributed by atoms with van der Waals surface area (Å²) in [4.78, 5) is 26.4. The minimum absolute atomic E-state index is 0.0872. The highest BCUT2D eigenvalue weighted by atomic mass is 16.5. The fraction of sp³-hybridized carbons (Fsp3) is 0.389. The first-order chi connectivity index (χ1) is 12.1. The topological polar surface area (TPSA) is 76.5 Å². The van der Waals surface area contributed by atoms with Crippen LogP contribution in [0.25, 0.3) is 0 Å². The molecule has 0 bridgehead atoms. The summed E-state index contributed by atoms with van der Waals surface area (Å²) in [5, 5.41) is 6.99. The van der Waals surface area contributed by atoms with Crippen LogP contribution in [0.5, 0.6) is 0 Å². The highest BCUT2D eigenvalue weighted by molar-refractivity contribution is 5.86. The van der Waals surface area contributed by atoms with E-state index in [9.17, 15) is 9.59 Å². The van der Waals surface area contributed by atoms with Gasteiger partial charge in [-0.05, 0) is 24.1 Å². The number of likely N-dealkylation sites (N-methyl/N-ethyl adjacent to an activating group) is 1. The van der Waals surface area contributed by atoms with Gasteiger partial charge in [-0.25, -0.2) is 0 Å². The van der Waals surface area contributed by atoms with Gasteiger partial charge in [0.2, 0.25) is 5.91 Å². The van der Waals surface area contributed by atoms with Crippen molar-refractivity contribution < 1.29 is 14.3 Å². The number of carbonyl (C=O) groups is 2. The smallest absolute Gasteiger partial charge is 0.251 e. The molecule has 2 aromatic rings. The van der Waals surface area contributed by atoms with Crippen LogP contribution in [0.15, 0.2) is 42.7 Å². The summed E-state index contributed by atoms with van der Waals surface area (Å²) >= 11 is 0. The number of hydrogen-bond donors (Lipinski definition) is 1. The zero-order valence-corrected chi connectivity index (χ0v) is 14.4. The van der Waals surface area contributed by atoms with Crippen LogP contribution in [0.4, 0.5) is 0 Å². The summed E-state index contributed by atoms with van der Waals surface area (Å²) in [6, 6.07) is 9.14. The largest absolute Gasteiger partial charge is 0.356 e. The van der Waals surface area contributed by atoms with Crippen LogP contribution in [0.3, 0.4) is 0 Å². The Kier molecular flexibility index (Phi) is 5.14. The number of hydrogen-bond acceptors (Lipinski definition) is 4. The standard InChI is InChI=1S/C18H22N4O3/c1-13-6-3-4-7-14(13)16-17(25-12-15(23)21(16)2)18(24)19-9-11-22-10-5-8-20-22/h3-8,10,16-17H,9,11-12H2,1-2H3,(H,19,24)/t16-,17+/m1/s1. The lowest BCUT2D eigenvalue weighted by atomic mass is 9.94. The Morgan fingerprint density at radius 3 is 2.88 bits per heavy atom. The Morgan fingerprint density at radius 2 is 2.16 bits per heavy atom. The van der Waals surface area contributed by atoms with E-state index < -0.39 is 12.1 Å². The predicted octanol–water partition coefficient (Wildman–Crippen LogP) is 0.906. The minimum atomic E-state index is -0.735. The summed E-state index contributed by atoms with van der Waals surface area (Å²) in [5.41, 5.74) is 1.94. The van der Waals surface area contributed by atoms with Gasteiger partial charge in [0.25, 0.3) is 5.91 Å². The van der Waals surface area contributed by atoms with E-state index in [-0.39, 0.29) is 18.4 Å². The van der Waals surface area contributed by atoms with E-state index in [2.05, 4.69) is 10.4 Å². The van der Waals surface area contributed by atoms with Crippen LogP contribution in [-0.4, -0.2) is 52.8 Å². The molecule has 1 aliphatic rings. The van der Waals surface area contributed by atoms with E-state index in [1.807, 2.05) is 43.5 Å². The SMILES string of the molecule is Cc1ccccc1[C@@H]1[C@@H](C(=O)NCCn2cccn2)OCC(=O)N1C. The molecular weight excluding hydrogens is 320 g/mol. The van der Waals surface area contributed by atoms with Gasteiger partial charge >= 0.3 is 0 Å². The summed E-state index contributed by atoms with van der Waals surface area (Å²) in [7, 11) is 1.71. The molecule has 3 rings (SSSR count). The van der Waals surface area contributed by atoms with Crippen LogP contribution in [-0.2, 0) is 20.9 Å². The average Bonchev–Trinajstić information content (AvgIpc) is 3.11. The number of amides is 2. The quantitative estimate of drug-likeness (QED) is 0.876. The van der Waals surface area contributed by atoms with Crippen molar-refractivity contribution in [1.82, 2.24) is 20.0 Å². The molecule has 1 saturated heterocycles. The zero-order valence-electron chi connectivity index (χ0n) is 14.4. The molecule has 2 heterocycles. The molecule has 1 aromatic heterocycles. The molecule has 1 aromatic carbocycles. The van der Waals surface area contributed by atoms with Gasteiger partial charge in [0.05, 0.1) is 12.6 Å². The first kappa shape index (κ1) is 17.2. The van der Waals surface area contributed by atoms with Crippen molar-refractivity contribution in [2.45, 2.75) is 25.6 Å². The monoisotopic (exact) mass is 342 g/mol. The number of benzene rings is 1. The van der Waals surface area contributed by atoms with E-state index in [1.165, 1.54) is 0 Å². The molecule has 0 aliphatic carbocycles. The van der Waals surface area contributed by atoms with Crippen molar-refractivity contribution in [2.75, 3.05) is 20.2 Å². The number of morpholine rings is 1. The highest BCUT2D eigenvalue weighted by Gasteiger charge is 2.40. The Balaban J connectivity index is 1.74. The van der Waals surface area contributed by atoms with Crippen molar-refractivity contribution in [3.05, 3.63) is 53.9 Å². The molecule has 1 fully saturated rings. The lowest BCUT2D eigenvalue weighted by molar-refractivity contribution is -0.162.